The first-order chi connectivity index (χ1) is 8.70. The molecule has 0 saturated heterocycles. The Bertz CT molecular complexity index is 589. The fourth-order valence-corrected chi connectivity index (χ4v) is 1.52. The number of imidazole rings is 1. The van der Waals surface area contributed by atoms with Crippen LogP contribution in [0.25, 0.3) is 17.0 Å². The zero-order valence-electron chi connectivity index (χ0n) is 10.3. The van der Waals surface area contributed by atoms with Gasteiger partial charge in [-0.25, -0.2) is 4.98 Å². The van der Waals surface area contributed by atoms with Crippen LogP contribution in [0.5, 0.6) is 0 Å². The first-order valence-electron chi connectivity index (χ1n) is 5.44. The van der Waals surface area contributed by atoms with Crippen molar-refractivity contribution in [3.05, 3.63) is 43.3 Å². The molecule has 0 unspecified atom stereocenters. The minimum atomic E-state index is 0.516. The van der Waals surface area contributed by atoms with Crippen molar-refractivity contribution in [2.24, 2.45) is 0 Å². The lowest BCUT2D eigenvalue weighted by atomic mass is 10.2. The van der Waals surface area contributed by atoms with Crippen LogP contribution in [0.4, 0.5) is 0 Å². The highest BCUT2D eigenvalue weighted by atomic mass is 15.1. The molecular formula is C13H13N5. The molecule has 0 aromatic carbocycles. The normalized spacial score (nSPS) is 11.1. The van der Waals surface area contributed by atoms with Gasteiger partial charge in [0.2, 0.25) is 0 Å². The molecule has 0 radical (unpaired) electrons. The molecule has 0 N–H and O–H groups in total. The SMILES string of the molecule is CN(C)C=C(C#N)n1cnc(-c2cccnc2)c1. The molecule has 5 nitrogen and oxygen atoms in total. The molecule has 2 aromatic heterocycles. The summed E-state index contributed by atoms with van der Waals surface area (Å²) >= 11 is 0. The van der Waals surface area contributed by atoms with Crippen LogP contribution in [-0.2, 0) is 0 Å². The Balaban J connectivity index is 2.34. The highest BCUT2D eigenvalue weighted by Gasteiger charge is 2.05. The molecule has 0 atom stereocenters. The lowest BCUT2D eigenvalue weighted by molar-refractivity contribution is 0.563. The Labute approximate surface area is 106 Å². The van der Waals surface area contributed by atoms with Crippen molar-refractivity contribution in [2.45, 2.75) is 0 Å². The third-order valence-corrected chi connectivity index (χ3v) is 2.31. The van der Waals surface area contributed by atoms with Gasteiger partial charge in [-0.2, -0.15) is 5.26 Å². The van der Waals surface area contributed by atoms with Crippen LogP contribution in [0.2, 0.25) is 0 Å². The summed E-state index contributed by atoms with van der Waals surface area (Å²) in [6.07, 6.45) is 8.65. The van der Waals surface area contributed by atoms with Crippen molar-refractivity contribution in [2.75, 3.05) is 14.1 Å². The van der Waals surface area contributed by atoms with Crippen molar-refractivity contribution < 1.29 is 0 Å². The number of rotatable bonds is 3. The fraction of sp³-hybridized carbons (Fsp3) is 0.154. The van der Waals surface area contributed by atoms with Crippen LogP contribution >= 0.6 is 0 Å². The maximum atomic E-state index is 9.10. The van der Waals surface area contributed by atoms with E-state index in [2.05, 4.69) is 16.0 Å². The smallest absolute Gasteiger partial charge is 0.141 e. The fourth-order valence-electron chi connectivity index (χ4n) is 1.52. The molecule has 0 aliphatic rings. The topological polar surface area (TPSA) is 57.7 Å². The van der Waals surface area contributed by atoms with E-state index in [9.17, 15) is 0 Å². The minimum absolute atomic E-state index is 0.516. The van der Waals surface area contributed by atoms with Gasteiger partial charge < -0.3 is 4.90 Å². The summed E-state index contributed by atoms with van der Waals surface area (Å²) in [5, 5.41) is 9.10. The van der Waals surface area contributed by atoms with Gasteiger partial charge in [0.15, 0.2) is 0 Å². The summed E-state index contributed by atoms with van der Waals surface area (Å²) in [5.41, 5.74) is 2.24. The van der Waals surface area contributed by atoms with Crippen molar-refractivity contribution in [1.82, 2.24) is 19.4 Å². The van der Waals surface area contributed by atoms with E-state index in [1.165, 1.54) is 0 Å². The average Bonchev–Trinajstić information content (AvgIpc) is 2.86. The van der Waals surface area contributed by atoms with E-state index < -0.39 is 0 Å². The highest BCUT2D eigenvalue weighted by Crippen LogP contribution is 2.16. The van der Waals surface area contributed by atoms with E-state index in [1.807, 2.05) is 37.3 Å². The molecule has 0 saturated carbocycles. The number of aromatic nitrogens is 3. The minimum Gasteiger partial charge on any atom is -0.381 e. The zero-order valence-corrected chi connectivity index (χ0v) is 10.3. The second-order valence-corrected chi connectivity index (χ2v) is 4.00. The van der Waals surface area contributed by atoms with Crippen LogP contribution in [-0.4, -0.2) is 33.5 Å². The largest absolute Gasteiger partial charge is 0.381 e. The summed E-state index contributed by atoms with van der Waals surface area (Å²) in [6.45, 7) is 0. The van der Waals surface area contributed by atoms with Gasteiger partial charge in [-0.15, -0.1) is 0 Å². The van der Waals surface area contributed by atoms with E-state index in [4.69, 9.17) is 5.26 Å². The molecule has 5 heteroatoms. The Kier molecular flexibility index (Phi) is 3.39. The third kappa shape index (κ3) is 2.55. The lowest BCUT2D eigenvalue weighted by Gasteiger charge is -2.06. The second kappa shape index (κ2) is 5.15. The van der Waals surface area contributed by atoms with Crippen molar-refractivity contribution in [1.29, 1.82) is 5.26 Å². The number of nitrogens with zero attached hydrogens (tertiary/aromatic N) is 5. The van der Waals surface area contributed by atoms with Crippen molar-refractivity contribution in [3.8, 4) is 17.3 Å². The first-order valence-corrected chi connectivity index (χ1v) is 5.44. The summed E-state index contributed by atoms with van der Waals surface area (Å²) in [7, 11) is 3.74. The summed E-state index contributed by atoms with van der Waals surface area (Å²) in [4.78, 5) is 10.1. The van der Waals surface area contributed by atoms with Gasteiger partial charge in [0.05, 0.1) is 5.69 Å². The van der Waals surface area contributed by atoms with Gasteiger partial charge in [-0.1, -0.05) is 0 Å². The number of nitriles is 1. The van der Waals surface area contributed by atoms with Gasteiger partial charge in [-0.3, -0.25) is 9.55 Å². The molecule has 18 heavy (non-hydrogen) atoms. The molecule has 0 spiro atoms. The van der Waals surface area contributed by atoms with Crippen LogP contribution in [0.15, 0.2) is 43.3 Å². The molecular weight excluding hydrogens is 226 g/mol. The van der Waals surface area contributed by atoms with E-state index in [1.54, 1.807) is 29.5 Å². The molecule has 2 heterocycles. The number of hydrogen-bond acceptors (Lipinski definition) is 4. The molecule has 2 aromatic rings. The summed E-state index contributed by atoms with van der Waals surface area (Å²) in [5.74, 6) is 0. The lowest BCUT2D eigenvalue weighted by Crippen LogP contribution is -2.04. The van der Waals surface area contributed by atoms with Gasteiger partial charge in [-0.05, 0) is 12.1 Å². The Morgan fingerprint density at radius 3 is 2.94 bits per heavy atom. The van der Waals surface area contributed by atoms with Crippen LogP contribution in [0, 0.1) is 11.3 Å². The van der Waals surface area contributed by atoms with Gasteiger partial charge in [0.1, 0.15) is 18.1 Å². The Hall–Kier alpha value is -2.61. The molecule has 0 amide bonds. The highest BCUT2D eigenvalue weighted by molar-refractivity contribution is 5.63. The Morgan fingerprint density at radius 2 is 2.33 bits per heavy atom. The van der Waals surface area contributed by atoms with E-state index in [0.29, 0.717) is 5.70 Å². The zero-order chi connectivity index (χ0) is 13.0. The van der Waals surface area contributed by atoms with Crippen LogP contribution in [0.1, 0.15) is 0 Å². The maximum absolute atomic E-state index is 9.10. The molecule has 0 bridgehead atoms. The number of pyridine rings is 1. The van der Waals surface area contributed by atoms with E-state index >= 15 is 0 Å². The summed E-state index contributed by atoms with van der Waals surface area (Å²) < 4.78 is 1.70. The number of hydrogen-bond donors (Lipinski definition) is 0. The van der Waals surface area contributed by atoms with Gasteiger partial charge >= 0.3 is 0 Å². The van der Waals surface area contributed by atoms with Gasteiger partial charge in [0.25, 0.3) is 0 Å². The predicted molar refractivity (Wildman–Crippen MR) is 69.0 cm³/mol. The second-order valence-electron chi connectivity index (χ2n) is 4.00. The molecule has 90 valence electrons. The maximum Gasteiger partial charge on any atom is 0.141 e. The van der Waals surface area contributed by atoms with E-state index in [0.717, 1.165) is 11.3 Å². The quantitative estimate of drug-likeness (QED) is 0.767. The summed E-state index contributed by atoms with van der Waals surface area (Å²) in [6, 6.07) is 5.93. The molecule has 0 fully saturated rings. The first kappa shape index (κ1) is 11.9. The van der Waals surface area contributed by atoms with E-state index in [-0.39, 0.29) is 0 Å². The third-order valence-electron chi connectivity index (χ3n) is 2.31. The van der Waals surface area contributed by atoms with Crippen molar-refractivity contribution in [3.63, 3.8) is 0 Å². The van der Waals surface area contributed by atoms with Crippen molar-refractivity contribution >= 4 is 5.70 Å². The molecule has 0 aliphatic carbocycles. The molecule has 2 rings (SSSR count). The van der Waals surface area contributed by atoms with Gasteiger partial charge in [0, 0.05) is 44.4 Å². The monoisotopic (exact) mass is 239 g/mol. The van der Waals surface area contributed by atoms with Crippen LogP contribution in [0.3, 0.4) is 0 Å². The van der Waals surface area contributed by atoms with Crippen LogP contribution < -0.4 is 0 Å². The predicted octanol–water partition coefficient (Wildman–Crippen LogP) is 1.83. The standard InChI is InChI=1S/C13H13N5/c1-17(2)8-12(6-14)18-9-13(16-10-18)11-4-3-5-15-7-11/h3-5,7-10H,1-2H3. The molecule has 0 aliphatic heterocycles. The average molecular weight is 239 g/mol. The Morgan fingerprint density at radius 1 is 1.50 bits per heavy atom. The number of allylic oxidation sites excluding steroid dienone is 1.